The molecule has 0 radical (unpaired) electrons. The van der Waals surface area contributed by atoms with Gasteiger partial charge in [-0.05, 0) is 25.1 Å². The summed E-state index contributed by atoms with van der Waals surface area (Å²) in [7, 11) is 0. The maximum atomic E-state index is 13.2. The lowest BCUT2D eigenvalue weighted by Gasteiger charge is -2.34. The van der Waals surface area contributed by atoms with E-state index in [1.54, 1.807) is 11.8 Å². The second kappa shape index (κ2) is 4.93. The molecule has 5 nitrogen and oxygen atoms in total. The summed E-state index contributed by atoms with van der Waals surface area (Å²) in [5.41, 5.74) is 6.34. The number of amides is 2. The van der Waals surface area contributed by atoms with E-state index in [-0.39, 0.29) is 11.5 Å². The second-order valence-electron chi connectivity index (χ2n) is 4.24. The van der Waals surface area contributed by atoms with Gasteiger partial charge >= 0.3 is 0 Å². The zero-order valence-corrected chi connectivity index (χ0v) is 11.0. The average molecular weight is 281 g/mol. The molecule has 3 N–H and O–H groups in total. The lowest BCUT2D eigenvalue weighted by Crippen LogP contribution is -2.57. The van der Waals surface area contributed by atoms with Crippen molar-refractivity contribution in [1.29, 1.82) is 0 Å². The molecule has 1 fully saturated rings. The number of anilines is 1. The predicted octanol–water partition coefficient (Wildman–Crippen LogP) is 0.311. The van der Waals surface area contributed by atoms with E-state index < -0.39 is 23.7 Å². The minimum atomic E-state index is -0.559. The molecule has 1 aliphatic rings. The number of piperazine rings is 1. The number of hydrogen-bond donors (Lipinski definition) is 2. The van der Waals surface area contributed by atoms with Gasteiger partial charge in [0.1, 0.15) is 16.8 Å². The number of nitrogens with zero attached hydrogens (tertiary/aromatic N) is 1. The normalized spacial score (nSPS) is 19.3. The summed E-state index contributed by atoms with van der Waals surface area (Å²) in [6.07, 6.45) is 0. The van der Waals surface area contributed by atoms with Crippen LogP contribution in [0.15, 0.2) is 18.2 Å². The van der Waals surface area contributed by atoms with Crippen molar-refractivity contribution in [2.45, 2.75) is 13.0 Å². The van der Waals surface area contributed by atoms with Crippen LogP contribution in [0.4, 0.5) is 10.1 Å². The Hall–Kier alpha value is -2.02. The lowest BCUT2D eigenvalue weighted by atomic mass is 10.1. The molecular weight excluding hydrogens is 269 g/mol. The molecule has 19 heavy (non-hydrogen) atoms. The van der Waals surface area contributed by atoms with Crippen LogP contribution in [0.1, 0.15) is 12.5 Å². The SMILES string of the molecule is CC1C(=O)NC(=O)CN1c1ccc(F)cc1C(N)=S. The highest BCUT2D eigenvalue weighted by Gasteiger charge is 2.31. The topological polar surface area (TPSA) is 75.4 Å². The van der Waals surface area contributed by atoms with E-state index in [1.807, 2.05) is 0 Å². The molecule has 1 unspecified atom stereocenters. The third-order valence-corrected chi connectivity index (χ3v) is 3.18. The van der Waals surface area contributed by atoms with E-state index in [2.05, 4.69) is 5.32 Å². The predicted molar refractivity (Wildman–Crippen MR) is 72.2 cm³/mol. The van der Waals surface area contributed by atoms with E-state index >= 15 is 0 Å². The summed E-state index contributed by atoms with van der Waals surface area (Å²) in [6, 6.07) is 3.34. The standard InChI is InChI=1S/C12H12FN3O2S/c1-6-12(18)15-10(17)5-16(6)9-3-2-7(13)4-8(9)11(14)19/h2-4,6H,5H2,1H3,(H2,14,19)(H,15,17,18). The van der Waals surface area contributed by atoms with E-state index in [0.717, 1.165) is 0 Å². The Morgan fingerprint density at radius 1 is 1.53 bits per heavy atom. The van der Waals surface area contributed by atoms with Crippen molar-refractivity contribution in [1.82, 2.24) is 5.32 Å². The largest absolute Gasteiger partial charge is 0.389 e. The molecule has 100 valence electrons. The molecule has 1 saturated heterocycles. The number of nitrogens with one attached hydrogen (secondary N) is 1. The monoisotopic (exact) mass is 281 g/mol. The Kier molecular flexibility index (Phi) is 3.48. The van der Waals surface area contributed by atoms with Crippen LogP contribution in [0.5, 0.6) is 0 Å². The van der Waals surface area contributed by atoms with E-state index in [0.29, 0.717) is 11.3 Å². The van der Waals surface area contributed by atoms with Crippen LogP contribution in [0.3, 0.4) is 0 Å². The molecule has 0 aliphatic carbocycles. The number of nitrogens with two attached hydrogens (primary N) is 1. The smallest absolute Gasteiger partial charge is 0.249 e. The summed E-state index contributed by atoms with van der Waals surface area (Å²) >= 11 is 4.87. The highest BCUT2D eigenvalue weighted by atomic mass is 32.1. The van der Waals surface area contributed by atoms with Crippen molar-refractivity contribution in [2.24, 2.45) is 5.73 Å². The fourth-order valence-electron chi connectivity index (χ4n) is 1.96. The van der Waals surface area contributed by atoms with Gasteiger partial charge in [0.15, 0.2) is 0 Å². The Labute approximate surface area is 114 Å². The zero-order valence-electron chi connectivity index (χ0n) is 10.1. The average Bonchev–Trinajstić information content (AvgIpc) is 2.34. The summed E-state index contributed by atoms with van der Waals surface area (Å²) in [6.45, 7) is 1.64. The van der Waals surface area contributed by atoms with Crippen LogP contribution >= 0.6 is 12.2 Å². The molecule has 2 rings (SSSR count). The molecule has 0 saturated carbocycles. The number of imide groups is 1. The van der Waals surface area contributed by atoms with Gasteiger partial charge in [0, 0.05) is 11.3 Å². The molecule has 0 bridgehead atoms. The molecule has 2 amide bonds. The number of hydrogen-bond acceptors (Lipinski definition) is 4. The van der Waals surface area contributed by atoms with Crippen molar-refractivity contribution in [2.75, 3.05) is 11.4 Å². The molecule has 1 aliphatic heterocycles. The van der Waals surface area contributed by atoms with Gasteiger partial charge in [0.25, 0.3) is 0 Å². The van der Waals surface area contributed by atoms with Gasteiger partial charge in [0.2, 0.25) is 11.8 Å². The first-order valence-corrected chi connectivity index (χ1v) is 6.00. The Morgan fingerprint density at radius 2 is 2.21 bits per heavy atom. The number of benzene rings is 1. The Morgan fingerprint density at radius 3 is 2.84 bits per heavy atom. The number of carbonyl (C=O) groups is 2. The van der Waals surface area contributed by atoms with Crippen LogP contribution in [-0.4, -0.2) is 29.4 Å². The Balaban J connectivity index is 2.48. The second-order valence-corrected chi connectivity index (χ2v) is 4.68. The highest BCUT2D eigenvalue weighted by molar-refractivity contribution is 7.80. The fourth-order valence-corrected chi connectivity index (χ4v) is 2.13. The van der Waals surface area contributed by atoms with Gasteiger partial charge in [-0.2, -0.15) is 0 Å². The first kappa shape index (κ1) is 13.4. The highest BCUT2D eigenvalue weighted by Crippen LogP contribution is 2.25. The molecule has 0 aromatic heterocycles. The van der Waals surface area contributed by atoms with Gasteiger partial charge < -0.3 is 10.6 Å². The van der Waals surface area contributed by atoms with Crippen LogP contribution in [-0.2, 0) is 9.59 Å². The molecule has 1 aromatic carbocycles. The third kappa shape index (κ3) is 2.55. The third-order valence-electron chi connectivity index (χ3n) is 2.96. The lowest BCUT2D eigenvalue weighted by molar-refractivity contribution is -0.132. The number of thiocarbonyl (C=S) groups is 1. The van der Waals surface area contributed by atoms with Gasteiger partial charge in [0.05, 0.1) is 6.54 Å². The molecule has 0 spiro atoms. The minimum Gasteiger partial charge on any atom is -0.389 e. The summed E-state index contributed by atoms with van der Waals surface area (Å²) in [5, 5.41) is 2.23. The molecule has 1 atom stereocenters. The van der Waals surface area contributed by atoms with E-state index in [1.165, 1.54) is 18.2 Å². The Bertz CT molecular complexity index is 576. The van der Waals surface area contributed by atoms with Crippen LogP contribution in [0, 0.1) is 5.82 Å². The van der Waals surface area contributed by atoms with Crippen molar-refractivity contribution >= 4 is 34.7 Å². The van der Waals surface area contributed by atoms with Gasteiger partial charge in [-0.15, -0.1) is 0 Å². The summed E-state index contributed by atoms with van der Waals surface area (Å²) < 4.78 is 13.2. The number of carbonyl (C=O) groups excluding carboxylic acids is 2. The quantitative estimate of drug-likeness (QED) is 0.603. The van der Waals surface area contributed by atoms with E-state index in [4.69, 9.17) is 18.0 Å². The van der Waals surface area contributed by atoms with E-state index in [9.17, 15) is 14.0 Å². The summed E-state index contributed by atoms with van der Waals surface area (Å²) in [5.74, 6) is -1.30. The fraction of sp³-hybridized carbons (Fsp3) is 0.250. The van der Waals surface area contributed by atoms with Gasteiger partial charge in [-0.25, -0.2) is 4.39 Å². The zero-order chi connectivity index (χ0) is 14.2. The van der Waals surface area contributed by atoms with Crippen molar-refractivity contribution in [3.63, 3.8) is 0 Å². The maximum absolute atomic E-state index is 13.2. The number of rotatable bonds is 2. The maximum Gasteiger partial charge on any atom is 0.249 e. The molecular formula is C12H12FN3O2S. The van der Waals surface area contributed by atoms with Crippen LogP contribution < -0.4 is 16.0 Å². The molecule has 7 heteroatoms. The van der Waals surface area contributed by atoms with Crippen LogP contribution in [0.25, 0.3) is 0 Å². The van der Waals surface area contributed by atoms with Crippen molar-refractivity contribution < 1.29 is 14.0 Å². The van der Waals surface area contributed by atoms with Crippen LogP contribution in [0.2, 0.25) is 0 Å². The first-order chi connectivity index (χ1) is 8.90. The van der Waals surface area contributed by atoms with Crippen molar-refractivity contribution in [3.05, 3.63) is 29.6 Å². The molecule has 1 aromatic rings. The van der Waals surface area contributed by atoms with Gasteiger partial charge in [-0.3, -0.25) is 14.9 Å². The van der Waals surface area contributed by atoms with Crippen molar-refractivity contribution in [3.8, 4) is 0 Å². The molecule has 1 heterocycles. The first-order valence-electron chi connectivity index (χ1n) is 5.60. The minimum absolute atomic E-state index is 0.00580. The summed E-state index contributed by atoms with van der Waals surface area (Å²) in [4.78, 5) is 24.6. The van der Waals surface area contributed by atoms with Gasteiger partial charge in [-0.1, -0.05) is 12.2 Å². The number of halogens is 1.